The Labute approximate surface area is 170 Å². The number of hydrogen-bond acceptors (Lipinski definition) is 4. The van der Waals surface area contributed by atoms with E-state index in [4.69, 9.17) is 4.74 Å². The molecule has 0 saturated carbocycles. The highest BCUT2D eigenvalue weighted by Gasteiger charge is 2.15. The Kier molecular flexibility index (Phi) is 7.36. The zero-order valence-corrected chi connectivity index (χ0v) is 17.2. The van der Waals surface area contributed by atoms with E-state index in [-0.39, 0.29) is 12.0 Å². The molecule has 0 radical (unpaired) electrons. The molecular formula is C22H27N3O4. The maximum atomic E-state index is 12.3. The summed E-state index contributed by atoms with van der Waals surface area (Å²) in [6.07, 6.45) is 0. The van der Waals surface area contributed by atoms with E-state index in [1.54, 1.807) is 36.4 Å². The zero-order chi connectivity index (χ0) is 21.4. The summed E-state index contributed by atoms with van der Waals surface area (Å²) in [4.78, 5) is 36.4. The molecule has 154 valence electrons. The molecule has 7 nitrogen and oxygen atoms in total. The van der Waals surface area contributed by atoms with Gasteiger partial charge in [-0.25, -0.2) is 0 Å². The van der Waals surface area contributed by atoms with Crippen LogP contribution >= 0.6 is 0 Å². The fourth-order valence-corrected chi connectivity index (χ4v) is 2.56. The van der Waals surface area contributed by atoms with Crippen LogP contribution < -0.4 is 20.9 Å². The van der Waals surface area contributed by atoms with Gasteiger partial charge in [-0.15, -0.1) is 0 Å². The second-order valence-corrected chi connectivity index (χ2v) is 7.44. The summed E-state index contributed by atoms with van der Waals surface area (Å²) in [6.45, 7) is 8.22. The number of nitrogens with one attached hydrogen (secondary N) is 3. The van der Waals surface area contributed by atoms with Gasteiger partial charge in [0.05, 0.1) is 18.7 Å². The Bertz CT molecular complexity index is 870. The van der Waals surface area contributed by atoms with E-state index in [0.29, 0.717) is 23.5 Å². The summed E-state index contributed by atoms with van der Waals surface area (Å²) in [7, 11) is 0. The highest BCUT2D eigenvalue weighted by Crippen LogP contribution is 2.22. The van der Waals surface area contributed by atoms with Crippen LogP contribution in [0.1, 0.15) is 54.0 Å². The minimum absolute atomic E-state index is 0.0117. The van der Waals surface area contributed by atoms with Crippen LogP contribution in [0.5, 0.6) is 5.75 Å². The molecule has 3 amide bonds. The monoisotopic (exact) mass is 397 g/mol. The van der Waals surface area contributed by atoms with Crippen molar-refractivity contribution in [3.63, 3.8) is 0 Å². The van der Waals surface area contributed by atoms with Gasteiger partial charge in [-0.3, -0.25) is 25.2 Å². The minimum atomic E-state index is -0.549. The van der Waals surface area contributed by atoms with E-state index in [9.17, 15) is 14.4 Å². The highest BCUT2D eigenvalue weighted by molar-refractivity contribution is 5.99. The largest absolute Gasteiger partial charge is 0.493 e. The van der Waals surface area contributed by atoms with Crippen molar-refractivity contribution in [2.75, 3.05) is 13.2 Å². The number of amides is 3. The number of hydrazine groups is 1. The predicted molar refractivity (Wildman–Crippen MR) is 111 cm³/mol. The van der Waals surface area contributed by atoms with E-state index in [0.717, 1.165) is 5.56 Å². The third-order valence-electron chi connectivity index (χ3n) is 4.17. The molecule has 0 unspecified atom stereocenters. The van der Waals surface area contributed by atoms with Gasteiger partial charge in [0.2, 0.25) is 0 Å². The van der Waals surface area contributed by atoms with Gasteiger partial charge in [0, 0.05) is 5.56 Å². The van der Waals surface area contributed by atoms with Gasteiger partial charge >= 0.3 is 0 Å². The molecule has 0 atom stereocenters. The third kappa shape index (κ3) is 6.34. The van der Waals surface area contributed by atoms with E-state index in [2.05, 4.69) is 36.9 Å². The molecule has 2 aromatic carbocycles. The first-order valence-electron chi connectivity index (χ1n) is 9.42. The Morgan fingerprint density at radius 3 is 2.17 bits per heavy atom. The average Bonchev–Trinajstić information content (AvgIpc) is 2.70. The Morgan fingerprint density at radius 1 is 0.897 bits per heavy atom. The summed E-state index contributed by atoms with van der Waals surface area (Å²) < 4.78 is 5.40. The summed E-state index contributed by atoms with van der Waals surface area (Å²) in [5, 5.41) is 2.50. The second-order valence-electron chi connectivity index (χ2n) is 7.44. The fraction of sp³-hybridized carbons (Fsp3) is 0.318. The van der Waals surface area contributed by atoms with Crippen LogP contribution in [0.2, 0.25) is 0 Å². The molecule has 0 aliphatic heterocycles. The first-order valence-corrected chi connectivity index (χ1v) is 9.42. The fourth-order valence-electron chi connectivity index (χ4n) is 2.56. The summed E-state index contributed by atoms with van der Waals surface area (Å²) in [6, 6.07) is 13.9. The Balaban J connectivity index is 1.84. The van der Waals surface area contributed by atoms with Gasteiger partial charge < -0.3 is 10.1 Å². The molecule has 3 N–H and O–H groups in total. The van der Waals surface area contributed by atoms with Crippen molar-refractivity contribution in [3.8, 4) is 5.75 Å². The second kappa shape index (κ2) is 9.73. The van der Waals surface area contributed by atoms with Crippen LogP contribution in [-0.4, -0.2) is 30.9 Å². The zero-order valence-electron chi connectivity index (χ0n) is 17.2. The maximum Gasteiger partial charge on any atom is 0.269 e. The summed E-state index contributed by atoms with van der Waals surface area (Å²) in [5.74, 6) is -0.980. The van der Waals surface area contributed by atoms with Crippen molar-refractivity contribution in [2.24, 2.45) is 0 Å². The maximum absolute atomic E-state index is 12.3. The van der Waals surface area contributed by atoms with Crippen molar-refractivity contribution in [3.05, 3.63) is 65.2 Å². The average molecular weight is 397 g/mol. The lowest BCUT2D eigenvalue weighted by atomic mass is 9.87. The topological polar surface area (TPSA) is 96.5 Å². The molecule has 7 heteroatoms. The standard InChI is InChI=1S/C22H27N3O4/c1-5-29-18-9-7-6-8-17(18)21(28)23-14-19(26)24-25-20(27)15-10-12-16(13-11-15)22(2,3)4/h6-13H,5,14H2,1-4H3,(H,23,28)(H,24,26)(H,25,27). The third-order valence-corrected chi connectivity index (χ3v) is 4.17. The van der Waals surface area contributed by atoms with E-state index in [1.165, 1.54) is 0 Å². The van der Waals surface area contributed by atoms with Gasteiger partial charge in [0.25, 0.3) is 17.7 Å². The van der Waals surface area contributed by atoms with Crippen LogP contribution in [0, 0.1) is 0 Å². The molecule has 0 heterocycles. The Morgan fingerprint density at radius 2 is 1.55 bits per heavy atom. The summed E-state index contributed by atoms with van der Waals surface area (Å²) in [5.41, 5.74) is 6.48. The molecule has 2 aromatic rings. The molecule has 0 bridgehead atoms. The number of para-hydroxylation sites is 1. The number of benzene rings is 2. The van der Waals surface area contributed by atoms with Gasteiger partial charge in [0.15, 0.2) is 0 Å². The van der Waals surface area contributed by atoms with Crippen LogP contribution in [0.3, 0.4) is 0 Å². The molecular weight excluding hydrogens is 370 g/mol. The first-order chi connectivity index (χ1) is 13.7. The number of rotatable bonds is 6. The smallest absolute Gasteiger partial charge is 0.269 e. The molecule has 0 fully saturated rings. The van der Waals surface area contributed by atoms with Crippen molar-refractivity contribution in [1.29, 1.82) is 0 Å². The van der Waals surface area contributed by atoms with Crippen LogP contribution in [0.15, 0.2) is 48.5 Å². The number of ether oxygens (including phenoxy) is 1. The van der Waals surface area contributed by atoms with Crippen LogP contribution in [-0.2, 0) is 10.2 Å². The molecule has 0 aliphatic rings. The van der Waals surface area contributed by atoms with Crippen LogP contribution in [0.4, 0.5) is 0 Å². The Hall–Kier alpha value is -3.35. The van der Waals surface area contributed by atoms with Gasteiger partial charge in [0.1, 0.15) is 5.75 Å². The number of carbonyl (C=O) groups is 3. The molecule has 0 spiro atoms. The number of carbonyl (C=O) groups excluding carboxylic acids is 3. The van der Waals surface area contributed by atoms with E-state index in [1.807, 2.05) is 19.1 Å². The van der Waals surface area contributed by atoms with Crippen molar-refractivity contribution in [1.82, 2.24) is 16.2 Å². The van der Waals surface area contributed by atoms with Crippen molar-refractivity contribution < 1.29 is 19.1 Å². The predicted octanol–water partition coefficient (Wildman–Crippen LogP) is 2.57. The highest BCUT2D eigenvalue weighted by atomic mass is 16.5. The molecule has 0 aromatic heterocycles. The summed E-state index contributed by atoms with van der Waals surface area (Å²) >= 11 is 0. The van der Waals surface area contributed by atoms with Gasteiger partial charge in [-0.2, -0.15) is 0 Å². The lowest BCUT2D eigenvalue weighted by molar-refractivity contribution is -0.120. The number of hydrogen-bond donors (Lipinski definition) is 3. The molecule has 2 rings (SSSR count). The molecule has 29 heavy (non-hydrogen) atoms. The minimum Gasteiger partial charge on any atom is -0.493 e. The lowest BCUT2D eigenvalue weighted by Gasteiger charge is -2.19. The van der Waals surface area contributed by atoms with E-state index >= 15 is 0 Å². The first kappa shape index (κ1) is 21.9. The van der Waals surface area contributed by atoms with Gasteiger partial charge in [-0.1, -0.05) is 45.0 Å². The van der Waals surface area contributed by atoms with Crippen molar-refractivity contribution >= 4 is 17.7 Å². The van der Waals surface area contributed by atoms with E-state index < -0.39 is 17.7 Å². The molecule has 0 saturated heterocycles. The lowest BCUT2D eigenvalue weighted by Crippen LogP contribution is -2.46. The normalized spacial score (nSPS) is 10.8. The van der Waals surface area contributed by atoms with Crippen LogP contribution in [0.25, 0.3) is 0 Å². The molecule has 0 aliphatic carbocycles. The SMILES string of the molecule is CCOc1ccccc1C(=O)NCC(=O)NNC(=O)c1ccc(C(C)(C)C)cc1. The van der Waals surface area contributed by atoms with Crippen molar-refractivity contribution in [2.45, 2.75) is 33.1 Å². The quantitative estimate of drug-likeness (QED) is 0.653. The van der Waals surface area contributed by atoms with Gasteiger partial charge in [-0.05, 0) is 42.2 Å².